The molecule has 0 fully saturated rings. The van der Waals surface area contributed by atoms with E-state index in [1.807, 2.05) is 24.3 Å². The van der Waals surface area contributed by atoms with Gasteiger partial charge < -0.3 is 0 Å². The predicted octanol–water partition coefficient (Wildman–Crippen LogP) is 11.3. The fourth-order valence-corrected chi connectivity index (χ4v) is 26.4. The molecule has 0 radical (unpaired) electrons. The van der Waals surface area contributed by atoms with Crippen molar-refractivity contribution in [3.05, 3.63) is 148 Å². The van der Waals surface area contributed by atoms with Crippen LogP contribution in [0.3, 0.4) is 0 Å². The van der Waals surface area contributed by atoms with Crippen LogP contribution in [0.5, 0.6) is 0 Å². The third kappa shape index (κ3) is 5.01. The summed E-state index contributed by atoms with van der Waals surface area (Å²) >= 11 is -5.14. The van der Waals surface area contributed by atoms with Crippen molar-refractivity contribution in [3.8, 4) is 11.1 Å². The van der Waals surface area contributed by atoms with Crippen LogP contribution in [0.15, 0.2) is 103 Å². The van der Waals surface area contributed by atoms with Gasteiger partial charge in [-0.3, -0.25) is 0 Å². The van der Waals surface area contributed by atoms with Crippen molar-refractivity contribution >= 4 is 47.7 Å². The van der Waals surface area contributed by atoms with Crippen molar-refractivity contribution in [3.63, 3.8) is 0 Å². The Morgan fingerprint density at radius 3 is 1.74 bits per heavy atom. The molecule has 0 aromatic heterocycles. The average Bonchev–Trinajstić information content (AvgIpc) is 3.79. The number of hydrogen-bond donors (Lipinski definition) is 0. The molecule has 0 amide bonds. The molecule has 5 heteroatoms. The molecule has 4 aromatic carbocycles. The first-order chi connectivity index (χ1) is 22.5. The van der Waals surface area contributed by atoms with E-state index >= 15 is 0 Å². The normalized spacial score (nSPS) is 17.8. The summed E-state index contributed by atoms with van der Waals surface area (Å²) in [5.41, 5.74) is 11.6. The first-order valence-corrected chi connectivity index (χ1v) is 23.9. The molecule has 8 rings (SSSR count). The van der Waals surface area contributed by atoms with Crippen LogP contribution in [0.1, 0.15) is 88.3 Å². The molecule has 0 bridgehead atoms. The molecular weight excluding hydrogens is 741 g/mol. The molecule has 0 heterocycles. The summed E-state index contributed by atoms with van der Waals surface area (Å²) in [7, 11) is 0. The third-order valence-corrected chi connectivity index (χ3v) is 29.3. The van der Waals surface area contributed by atoms with E-state index in [1.54, 1.807) is 24.3 Å². The summed E-state index contributed by atoms with van der Waals surface area (Å²) in [6.07, 6.45) is 13.5. The molecule has 258 valence electrons. The maximum atomic E-state index is 14.7. The van der Waals surface area contributed by atoms with E-state index in [0.29, 0.717) is 0 Å². The van der Waals surface area contributed by atoms with Gasteiger partial charge >= 0.3 is 287 Å². The number of benzene rings is 4. The molecular formula is C45H46Cl2F2Zr. The van der Waals surface area contributed by atoms with Crippen molar-refractivity contribution < 1.29 is 27.1 Å². The van der Waals surface area contributed by atoms with Crippen molar-refractivity contribution in [2.24, 2.45) is 5.41 Å². The molecule has 0 aliphatic heterocycles. The summed E-state index contributed by atoms with van der Waals surface area (Å²) in [5, 5.41) is 0. The van der Waals surface area contributed by atoms with Crippen LogP contribution in [-0.4, -0.2) is 4.21 Å². The van der Waals surface area contributed by atoms with Crippen molar-refractivity contribution in [2.75, 3.05) is 0 Å². The zero-order chi connectivity index (χ0) is 34.0. The Morgan fingerprint density at radius 2 is 1.22 bits per heavy atom. The van der Waals surface area contributed by atoms with E-state index in [9.17, 15) is 8.78 Å². The molecule has 0 saturated heterocycles. The van der Waals surface area contributed by atoms with Crippen molar-refractivity contribution in [2.45, 2.75) is 72.1 Å². The average molecular weight is 787 g/mol. The van der Waals surface area contributed by atoms with Crippen LogP contribution in [0, 0.1) is 17.0 Å². The van der Waals surface area contributed by atoms with Gasteiger partial charge in [0, 0.05) is 0 Å². The topological polar surface area (TPSA) is 0 Å². The SMILES string of the molecule is Cl.Cl.[CH2]=[Zr]([C]1=CC(C(C)(C)C)=CC1)([C]1=Cc2cc3c(cc2C1(C)C)Cc1cc2c(cc1-3)C=CC2(C)C)([c]1ccc(F)cc1)[c]1ccc(F)cc1. The van der Waals surface area contributed by atoms with Crippen LogP contribution in [0.4, 0.5) is 8.78 Å². The van der Waals surface area contributed by atoms with E-state index in [4.69, 9.17) is 4.21 Å². The Kier molecular flexibility index (Phi) is 8.67. The summed E-state index contributed by atoms with van der Waals surface area (Å²) in [6.45, 7) is 16.0. The molecule has 50 heavy (non-hydrogen) atoms. The van der Waals surface area contributed by atoms with Gasteiger partial charge in [-0.05, 0) is 0 Å². The number of hydrogen-bond acceptors (Lipinski definition) is 0. The summed E-state index contributed by atoms with van der Waals surface area (Å²) in [6, 6.07) is 23.9. The first-order valence-electron chi connectivity index (χ1n) is 17.3. The first kappa shape index (κ1) is 36.8. The van der Waals surface area contributed by atoms with E-state index in [-0.39, 0.29) is 52.7 Å². The summed E-state index contributed by atoms with van der Waals surface area (Å²) < 4.78 is 39.7. The minimum atomic E-state index is -5.14. The second-order valence-corrected chi connectivity index (χ2v) is 29.8. The van der Waals surface area contributed by atoms with E-state index < -0.39 is 18.3 Å². The number of rotatable bonds is 4. The Hall–Kier alpha value is -2.97. The van der Waals surface area contributed by atoms with Gasteiger partial charge in [-0.25, -0.2) is 0 Å². The third-order valence-electron chi connectivity index (χ3n) is 12.2. The van der Waals surface area contributed by atoms with Crippen LogP contribution in [0.2, 0.25) is 0 Å². The zero-order valence-corrected chi connectivity index (χ0v) is 34.1. The van der Waals surface area contributed by atoms with E-state index in [2.05, 4.69) is 103 Å². The van der Waals surface area contributed by atoms with Crippen molar-refractivity contribution in [1.29, 1.82) is 0 Å². The molecule has 4 aliphatic carbocycles. The number of allylic oxidation sites excluding steroid dienone is 6. The van der Waals surface area contributed by atoms with Gasteiger partial charge in [-0.1, -0.05) is 0 Å². The Morgan fingerprint density at radius 1 is 0.700 bits per heavy atom. The minimum absolute atomic E-state index is 0. The van der Waals surface area contributed by atoms with Gasteiger partial charge in [0.15, 0.2) is 0 Å². The molecule has 0 N–H and O–H groups in total. The number of halogens is 4. The van der Waals surface area contributed by atoms with Crippen molar-refractivity contribution in [1.82, 2.24) is 0 Å². The monoisotopic (exact) mass is 784 g/mol. The maximum absolute atomic E-state index is 14.7. The fraction of sp³-hybridized carbons (Fsp3) is 0.267. The van der Waals surface area contributed by atoms with Gasteiger partial charge in [0.25, 0.3) is 0 Å². The van der Waals surface area contributed by atoms with Gasteiger partial charge in [-0.15, -0.1) is 24.8 Å². The number of fused-ring (bicyclic) bond motifs is 5. The Balaban J connectivity index is 0.00000216. The van der Waals surface area contributed by atoms with Crippen LogP contribution >= 0.6 is 24.8 Å². The second-order valence-electron chi connectivity index (χ2n) is 16.9. The summed E-state index contributed by atoms with van der Waals surface area (Å²) in [4.78, 5) is 0. The molecule has 0 nitrogen and oxygen atoms in total. The Bertz CT molecular complexity index is 2220. The molecule has 4 aromatic rings. The molecule has 0 spiro atoms. The molecule has 4 aliphatic rings. The molecule has 0 unspecified atom stereocenters. The van der Waals surface area contributed by atoms with Gasteiger partial charge in [0.1, 0.15) is 0 Å². The zero-order valence-electron chi connectivity index (χ0n) is 30.0. The standard InChI is InChI=1S/C23H21.C9H13.2C6H4F.CH2.2ClH.Zr/c1-22(2)7-5-14-10-18-16(12-20(14)22)9-17-13-21-15(11-19(17)18)6-8-23(21,3)4;1-9(2,3)8-6-4-5-7-8;2*7-6-4-2-1-3-5-6;;;;/h5-7,10-13H,9H2,1-4H3;6-7H,4H2,1-3H3;2*2-5H;1H2;2*1H;. The van der Waals surface area contributed by atoms with E-state index in [1.165, 1.54) is 56.6 Å². The fourth-order valence-electron chi connectivity index (χ4n) is 9.49. The molecule has 0 saturated carbocycles. The van der Waals surface area contributed by atoms with Gasteiger partial charge in [0.05, 0.1) is 0 Å². The van der Waals surface area contributed by atoms with E-state index in [0.717, 1.165) is 19.4 Å². The van der Waals surface area contributed by atoms with Crippen LogP contribution in [-0.2, 0) is 35.5 Å². The van der Waals surface area contributed by atoms with Gasteiger partial charge in [-0.2, -0.15) is 0 Å². The Labute approximate surface area is 309 Å². The quantitative estimate of drug-likeness (QED) is 0.170. The molecule has 0 atom stereocenters. The second kappa shape index (κ2) is 11.8. The van der Waals surface area contributed by atoms with Crippen LogP contribution < -0.4 is 6.54 Å². The predicted molar refractivity (Wildman–Crippen MR) is 212 cm³/mol. The summed E-state index contributed by atoms with van der Waals surface area (Å²) in [5.74, 6) is -0.531. The van der Waals surface area contributed by atoms with Crippen LogP contribution in [0.25, 0.3) is 23.3 Å². The van der Waals surface area contributed by atoms with Gasteiger partial charge in [0.2, 0.25) is 0 Å².